The molecule has 0 bridgehead atoms. The topological polar surface area (TPSA) is 28.2 Å². The van der Waals surface area contributed by atoms with Crippen LogP contribution in [0.25, 0.3) is 0 Å². The smallest absolute Gasteiger partial charge is 0.315 e. The second kappa shape index (κ2) is 4.60. The van der Waals surface area contributed by atoms with Crippen LogP contribution in [0.5, 0.6) is 0 Å². The van der Waals surface area contributed by atoms with Gasteiger partial charge in [-0.15, -0.1) is 0 Å². The maximum Gasteiger partial charge on any atom is 0.433 e. The number of hydrogen-bond acceptors (Lipinski definition) is 4. The van der Waals surface area contributed by atoms with Gasteiger partial charge in [0.05, 0.1) is 5.69 Å². The van der Waals surface area contributed by atoms with Crippen molar-refractivity contribution in [1.29, 1.82) is 0 Å². The summed E-state index contributed by atoms with van der Waals surface area (Å²) in [5.41, 5.74) is 0.297. The maximum atomic E-state index is 12.8. The van der Waals surface area contributed by atoms with Gasteiger partial charge in [-0.2, -0.15) is 13.2 Å². The molecule has 1 saturated carbocycles. The lowest BCUT2D eigenvalue weighted by atomic mass is 9.76. The van der Waals surface area contributed by atoms with Crippen molar-refractivity contribution in [1.82, 2.24) is 14.6 Å². The minimum atomic E-state index is -4.36. The van der Waals surface area contributed by atoms with Gasteiger partial charge in [-0.25, -0.2) is 9.29 Å². The zero-order valence-electron chi connectivity index (χ0n) is 11.4. The van der Waals surface area contributed by atoms with Gasteiger partial charge in [0.2, 0.25) is 0 Å². The van der Waals surface area contributed by atoms with E-state index in [9.17, 15) is 13.2 Å². The minimum Gasteiger partial charge on any atom is -0.315 e. The molecule has 0 amide bonds. The van der Waals surface area contributed by atoms with Gasteiger partial charge in [-0.1, -0.05) is 0 Å². The number of pyridine rings is 1. The molecule has 0 atom stereocenters. The molecule has 1 aromatic heterocycles. The van der Waals surface area contributed by atoms with Gasteiger partial charge in [0, 0.05) is 42.4 Å². The van der Waals surface area contributed by atoms with Crippen molar-refractivity contribution in [3.63, 3.8) is 0 Å². The van der Waals surface area contributed by atoms with E-state index in [1.807, 2.05) is 0 Å². The van der Waals surface area contributed by atoms with Crippen LogP contribution in [0.15, 0.2) is 17.0 Å². The van der Waals surface area contributed by atoms with Crippen LogP contribution in [-0.4, -0.2) is 35.5 Å². The predicted octanol–water partition coefficient (Wildman–Crippen LogP) is 2.89. The van der Waals surface area contributed by atoms with Crippen LogP contribution in [0.2, 0.25) is 0 Å². The van der Waals surface area contributed by atoms with E-state index < -0.39 is 11.9 Å². The van der Waals surface area contributed by atoms with Crippen molar-refractivity contribution in [2.24, 2.45) is 5.41 Å². The van der Waals surface area contributed by atoms with Crippen molar-refractivity contribution >= 4 is 11.9 Å². The second-order valence-electron chi connectivity index (χ2n) is 6.34. The lowest BCUT2D eigenvalue weighted by Gasteiger charge is -2.55. The zero-order chi connectivity index (χ0) is 14.7. The molecule has 0 radical (unpaired) electrons. The molecule has 1 spiro atoms. The van der Waals surface area contributed by atoms with Gasteiger partial charge < -0.3 is 5.32 Å². The average molecular weight is 315 g/mol. The van der Waals surface area contributed by atoms with E-state index in [2.05, 4.69) is 14.6 Å². The van der Waals surface area contributed by atoms with Gasteiger partial charge in [0.25, 0.3) is 0 Å². The summed E-state index contributed by atoms with van der Waals surface area (Å²) in [5.74, 6) is 0.218. The number of alkyl halides is 3. The number of nitrogens with zero attached hydrogens (tertiary/aromatic N) is 2. The zero-order valence-corrected chi connectivity index (χ0v) is 12.2. The molecular formula is C14H16F3N3S. The molecule has 3 heterocycles. The second-order valence-corrected chi connectivity index (χ2v) is 7.48. The molecule has 114 valence electrons. The van der Waals surface area contributed by atoms with Crippen molar-refractivity contribution in [3.8, 4) is 0 Å². The Labute approximate surface area is 125 Å². The number of halogens is 3. The molecule has 3 fully saturated rings. The minimum absolute atomic E-state index is 0.218. The Morgan fingerprint density at radius 3 is 2.48 bits per heavy atom. The van der Waals surface area contributed by atoms with Gasteiger partial charge in [0.1, 0.15) is 5.69 Å². The third-order valence-electron chi connectivity index (χ3n) is 4.39. The number of aromatic nitrogens is 1. The summed E-state index contributed by atoms with van der Waals surface area (Å²) < 4.78 is 40.6. The highest BCUT2D eigenvalue weighted by atomic mass is 32.2. The van der Waals surface area contributed by atoms with Crippen LogP contribution >= 0.6 is 11.9 Å². The Morgan fingerprint density at radius 2 is 1.95 bits per heavy atom. The first-order chi connectivity index (χ1) is 9.95. The molecule has 3 aliphatic rings. The Morgan fingerprint density at radius 1 is 1.24 bits per heavy atom. The van der Waals surface area contributed by atoms with Crippen molar-refractivity contribution in [3.05, 3.63) is 23.5 Å². The van der Waals surface area contributed by atoms with Crippen LogP contribution in [0.1, 0.15) is 30.1 Å². The molecule has 2 saturated heterocycles. The molecule has 2 aliphatic heterocycles. The van der Waals surface area contributed by atoms with E-state index in [0.717, 1.165) is 50.0 Å². The average Bonchev–Trinajstić information content (AvgIpc) is 3.13. The quantitative estimate of drug-likeness (QED) is 0.868. The van der Waals surface area contributed by atoms with E-state index in [4.69, 9.17) is 0 Å². The third kappa shape index (κ3) is 2.55. The highest BCUT2D eigenvalue weighted by Gasteiger charge is 2.48. The lowest BCUT2D eigenvalue weighted by Crippen LogP contribution is -2.69. The molecule has 1 N–H and O–H groups in total. The van der Waals surface area contributed by atoms with E-state index in [1.54, 1.807) is 18.0 Å². The monoisotopic (exact) mass is 315 g/mol. The van der Waals surface area contributed by atoms with Crippen LogP contribution in [-0.2, 0) is 6.18 Å². The highest BCUT2D eigenvalue weighted by Crippen LogP contribution is 2.47. The largest absolute Gasteiger partial charge is 0.433 e. The van der Waals surface area contributed by atoms with Gasteiger partial charge in [-0.05, 0) is 36.9 Å². The Hall–Kier alpha value is -0.790. The third-order valence-corrected chi connectivity index (χ3v) is 5.45. The predicted molar refractivity (Wildman–Crippen MR) is 73.9 cm³/mol. The van der Waals surface area contributed by atoms with Crippen molar-refractivity contribution in [2.45, 2.75) is 29.8 Å². The van der Waals surface area contributed by atoms with E-state index in [-0.39, 0.29) is 5.92 Å². The molecular weight excluding hydrogens is 299 g/mol. The number of rotatable bonds is 3. The first kappa shape index (κ1) is 13.8. The highest BCUT2D eigenvalue weighted by molar-refractivity contribution is 7.97. The molecule has 1 aliphatic carbocycles. The lowest BCUT2D eigenvalue weighted by molar-refractivity contribution is -0.141. The van der Waals surface area contributed by atoms with E-state index in [1.165, 1.54) is 0 Å². The Bertz CT molecular complexity index is 559. The van der Waals surface area contributed by atoms with Crippen LogP contribution < -0.4 is 5.32 Å². The summed E-state index contributed by atoms with van der Waals surface area (Å²) in [5, 5.41) is 3.28. The van der Waals surface area contributed by atoms with Crippen LogP contribution in [0, 0.1) is 5.41 Å². The molecule has 4 rings (SSSR count). The standard InChI is InChI=1S/C14H16F3N3S/c15-14(16,17)11-4-3-10(12(19-11)9-1-2-9)21-20-7-13(8-20)5-18-6-13/h3-4,9,18H,1-2,5-8H2. The van der Waals surface area contributed by atoms with Crippen molar-refractivity contribution in [2.75, 3.05) is 26.2 Å². The summed E-state index contributed by atoms with van der Waals surface area (Å²) in [4.78, 5) is 4.80. The maximum absolute atomic E-state index is 12.8. The summed E-state index contributed by atoms with van der Waals surface area (Å²) in [6, 6.07) is 2.70. The van der Waals surface area contributed by atoms with Crippen molar-refractivity contribution < 1.29 is 13.2 Å². The molecule has 21 heavy (non-hydrogen) atoms. The molecule has 0 aromatic carbocycles. The molecule has 7 heteroatoms. The molecule has 3 nitrogen and oxygen atoms in total. The number of nitrogens with one attached hydrogen (secondary N) is 1. The summed E-state index contributed by atoms with van der Waals surface area (Å²) in [7, 11) is 0. The molecule has 0 unspecified atom stereocenters. The van der Waals surface area contributed by atoms with E-state index in [0.29, 0.717) is 11.1 Å². The summed E-state index contributed by atoms with van der Waals surface area (Å²) >= 11 is 1.57. The molecule has 1 aromatic rings. The summed E-state index contributed by atoms with van der Waals surface area (Å²) in [6.07, 6.45) is -2.45. The van der Waals surface area contributed by atoms with E-state index >= 15 is 0 Å². The fourth-order valence-corrected chi connectivity index (χ4v) is 4.34. The normalized spacial score (nSPS) is 24.7. The van der Waals surface area contributed by atoms with Crippen LogP contribution in [0.3, 0.4) is 0 Å². The van der Waals surface area contributed by atoms with Gasteiger partial charge in [-0.3, -0.25) is 0 Å². The van der Waals surface area contributed by atoms with Gasteiger partial charge in [0.15, 0.2) is 0 Å². The van der Waals surface area contributed by atoms with Gasteiger partial charge >= 0.3 is 6.18 Å². The Balaban J connectivity index is 1.51. The fourth-order valence-electron chi connectivity index (χ4n) is 2.95. The first-order valence-corrected chi connectivity index (χ1v) is 7.94. The number of hydrogen-bond donors (Lipinski definition) is 1. The fraction of sp³-hybridized carbons (Fsp3) is 0.643. The van der Waals surface area contributed by atoms with Crippen LogP contribution in [0.4, 0.5) is 13.2 Å². The Kier molecular flexibility index (Phi) is 3.03. The SMILES string of the molecule is FC(F)(F)c1ccc(SN2CC3(CNC3)C2)c(C2CC2)n1. The summed E-state index contributed by atoms with van der Waals surface area (Å²) in [6.45, 7) is 4.14. The first-order valence-electron chi connectivity index (χ1n) is 7.17.